The Labute approximate surface area is 255 Å². The van der Waals surface area contributed by atoms with E-state index in [1.165, 1.54) is 93.9 Å². The standard InChI is InChI=1S/C43H36/c1-27-28(2)30(4)41(31(5)29(27)3)36-24-25-39-40(26-36)43(34-16-10-7-11-17-34)38-19-13-12-18-37(38)42(39)35-22-20-33(21-23-35)32-14-8-6-9-15-32/h6-26H,1-5H3. The third-order valence-electron chi connectivity index (χ3n) is 9.66. The lowest BCUT2D eigenvalue weighted by Crippen LogP contribution is -2.00. The highest BCUT2D eigenvalue weighted by Gasteiger charge is 2.19. The van der Waals surface area contributed by atoms with Crippen molar-refractivity contribution in [2.24, 2.45) is 0 Å². The van der Waals surface area contributed by atoms with E-state index in [4.69, 9.17) is 0 Å². The molecule has 0 radical (unpaired) electrons. The molecule has 0 N–H and O–H groups in total. The van der Waals surface area contributed by atoms with Gasteiger partial charge in [-0.2, -0.15) is 0 Å². The molecular weight excluding hydrogens is 516 g/mol. The molecule has 0 aliphatic carbocycles. The summed E-state index contributed by atoms with van der Waals surface area (Å²) in [6.45, 7) is 11.4. The van der Waals surface area contributed by atoms with Crippen LogP contribution in [0.1, 0.15) is 27.8 Å². The monoisotopic (exact) mass is 552 g/mol. The molecule has 7 aromatic rings. The number of benzene rings is 7. The first-order chi connectivity index (χ1) is 20.9. The first-order valence-corrected chi connectivity index (χ1v) is 15.2. The van der Waals surface area contributed by atoms with E-state index in [1.807, 2.05) is 0 Å². The second kappa shape index (κ2) is 10.7. The maximum absolute atomic E-state index is 2.45. The largest absolute Gasteiger partial charge is 0.0622 e. The summed E-state index contributed by atoms with van der Waals surface area (Å²) in [7, 11) is 0. The molecule has 0 saturated carbocycles. The van der Waals surface area contributed by atoms with Crippen molar-refractivity contribution < 1.29 is 0 Å². The van der Waals surface area contributed by atoms with E-state index >= 15 is 0 Å². The highest BCUT2D eigenvalue weighted by Crippen LogP contribution is 2.46. The molecule has 0 unspecified atom stereocenters. The molecule has 0 heteroatoms. The van der Waals surface area contributed by atoms with Crippen molar-refractivity contribution in [3.05, 3.63) is 155 Å². The van der Waals surface area contributed by atoms with Gasteiger partial charge in [-0.05, 0) is 135 Å². The topological polar surface area (TPSA) is 0 Å². The molecule has 7 aromatic carbocycles. The number of hydrogen-bond acceptors (Lipinski definition) is 0. The molecule has 0 saturated heterocycles. The molecule has 0 heterocycles. The van der Waals surface area contributed by atoms with E-state index < -0.39 is 0 Å². The van der Waals surface area contributed by atoms with Crippen LogP contribution < -0.4 is 0 Å². The third-order valence-corrected chi connectivity index (χ3v) is 9.66. The molecule has 208 valence electrons. The SMILES string of the molecule is Cc1c(C)c(C)c(-c2ccc3c(-c4ccc(-c5ccccc5)cc4)c4ccccc4c(-c4ccccc4)c3c2)c(C)c1C. The Hall–Kier alpha value is -4.94. The molecule has 0 aliphatic heterocycles. The maximum atomic E-state index is 2.45. The lowest BCUT2D eigenvalue weighted by atomic mass is 9.82. The van der Waals surface area contributed by atoms with Gasteiger partial charge in [0.15, 0.2) is 0 Å². The number of hydrogen-bond donors (Lipinski definition) is 0. The van der Waals surface area contributed by atoms with Crippen LogP contribution in [0.15, 0.2) is 127 Å². The first kappa shape index (κ1) is 26.9. The molecule has 43 heavy (non-hydrogen) atoms. The van der Waals surface area contributed by atoms with Gasteiger partial charge in [0, 0.05) is 0 Å². The molecule has 0 fully saturated rings. The van der Waals surface area contributed by atoms with Crippen molar-refractivity contribution in [1.82, 2.24) is 0 Å². The van der Waals surface area contributed by atoms with Crippen LogP contribution in [0.4, 0.5) is 0 Å². The molecule has 0 amide bonds. The molecule has 0 spiro atoms. The number of fused-ring (bicyclic) bond motifs is 2. The van der Waals surface area contributed by atoms with Crippen LogP contribution in [-0.4, -0.2) is 0 Å². The summed E-state index contributed by atoms with van der Waals surface area (Å²) in [5.74, 6) is 0. The lowest BCUT2D eigenvalue weighted by Gasteiger charge is -2.21. The molecule has 7 rings (SSSR count). The van der Waals surface area contributed by atoms with Gasteiger partial charge >= 0.3 is 0 Å². The van der Waals surface area contributed by atoms with Crippen molar-refractivity contribution >= 4 is 21.5 Å². The van der Waals surface area contributed by atoms with Gasteiger partial charge in [-0.1, -0.05) is 121 Å². The normalized spacial score (nSPS) is 11.4. The Morgan fingerprint density at radius 1 is 0.256 bits per heavy atom. The van der Waals surface area contributed by atoms with E-state index in [2.05, 4.69) is 162 Å². The van der Waals surface area contributed by atoms with E-state index in [0.717, 1.165) is 0 Å². The zero-order valence-electron chi connectivity index (χ0n) is 25.6. The predicted molar refractivity (Wildman–Crippen MR) is 187 cm³/mol. The zero-order chi connectivity index (χ0) is 29.7. The van der Waals surface area contributed by atoms with Gasteiger partial charge in [0.25, 0.3) is 0 Å². The lowest BCUT2D eigenvalue weighted by molar-refractivity contribution is 1.18. The highest BCUT2D eigenvalue weighted by atomic mass is 14.2. The average molecular weight is 553 g/mol. The summed E-state index contributed by atoms with van der Waals surface area (Å²) in [5, 5.41) is 5.14. The van der Waals surface area contributed by atoms with Gasteiger partial charge in [0.05, 0.1) is 0 Å². The van der Waals surface area contributed by atoms with Crippen LogP contribution in [0, 0.1) is 34.6 Å². The minimum Gasteiger partial charge on any atom is -0.0622 e. The van der Waals surface area contributed by atoms with Crippen molar-refractivity contribution in [2.45, 2.75) is 34.6 Å². The van der Waals surface area contributed by atoms with E-state index in [0.29, 0.717) is 0 Å². The quantitative estimate of drug-likeness (QED) is 0.191. The van der Waals surface area contributed by atoms with Gasteiger partial charge in [-0.25, -0.2) is 0 Å². The average Bonchev–Trinajstić information content (AvgIpc) is 3.06. The Morgan fingerprint density at radius 2 is 0.628 bits per heavy atom. The summed E-state index contributed by atoms with van der Waals surface area (Å²) in [6.07, 6.45) is 0. The van der Waals surface area contributed by atoms with Crippen LogP contribution in [0.5, 0.6) is 0 Å². The van der Waals surface area contributed by atoms with Gasteiger partial charge in [-0.15, -0.1) is 0 Å². The van der Waals surface area contributed by atoms with E-state index in [1.54, 1.807) is 0 Å². The van der Waals surface area contributed by atoms with Crippen molar-refractivity contribution in [3.8, 4) is 44.5 Å². The van der Waals surface area contributed by atoms with Crippen LogP contribution in [-0.2, 0) is 0 Å². The highest BCUT2D eigenvalue weighted by molar-refractivity contribution is 6.22. The van der Waals surface area contributed by atoms with E-state index in [-0.39, 0.29) is 0 Å². The molecule has 0 nitrogen and oxygen atoms in total. The summed E-state index contributed by atoms with van der Waals surface area (Å²) in [5.41, 5.74) is 17.1. The molecular formula is C43H36. The minimum absolute atomic E-state index is 1.23. The predicted octanol–water partition coefficient (Wildman–Crippen LogP) is 12.2. The third kappa shape index (κ3) is 4.46. The van der Waals surface area contributed by atoms with Crippen LogP contribution in [0.25, 0.3) is 66.1 Å². The van der Waals surface area contributed by atoms with Crippen molar-refractivity contribution in [1.29, 1.82) is 0 Å². The first-order valence-electron chi connectivity index (χ1n) is 15.2. The smallest absolute Gasteiger partial charge is 0.00262 e. The summed E-state index contributed by atoms with van der Waals surface area (Å²) < 4.78 is 0. The molecule has 0 atom stereocenters. The van der Waals surface area contributed by atoms with E-state index in [9.17, 15) is 0 Å². The minimum atomic E-state index is 1.23. The van der Waals surface area contributed by atoms with Gasteiger partial charge < -0.3 is 0 Å². The molecule has 0 aliphatic rings. The Morgan fingerprint density at radius 3 is 1.21 bits per heavy atom. The molecule has 0 bridgehead atoms. The second-order valence-electron chi connectivity index (χ2n) is 11.9. The maximum Gasteiger partial charge on any atom is -0.00262 e. The summed E-state index contributed by atoms with van der Waals surface area (Å²) in [6, 6.07) is 46.7. The fourth-order valence-corrected chi connectivity index (χ4v) is 6.95. The van der Waals surface area contributed by atoms with Crippen LogP contribution >= 0.6 is 0 Å². The Kier molecular flexibility index (Phi) is 6.71. The zero-order valence-corrected chi connectivity index (χ0v) is 25.6. The Bertz CT molecular complexity index is 2100. The van der Waals surface area contributed by atoms with Crippen LogP contribution in [0.2, 0.25) is 0 Å². The van der Waals surface area contributed by atoms with Gasteiger partial charge in [0.2, 0.25) is 0 Å². The Balaban J connectivity index is 1.56. The summed E-state index contributed by atoms with van der Waals surface area (Å²) in [4.78, 5) is 0. The fourth-order valence-electron chi connectivity index (χ4n) is 6.95. The van der Waals surface area contributed by atoms with Gasteiger partial charge in [-0.3, -0.25) is 0 Å². The van der Waals surface area contributed by atoms with Crippen molar-refractivity contribution in [3.63, 3.8) is 0 Å². The van der Waals surface area contributed by atoms with Crippen molar-refractivity contribution in [2.75, 3.05) is 0 Å². The number of rotatable bonds is 4. The summed E-state index contributed by atoms with van der Waals surface area (Å²) >= 11 is 0. The molecule has 0 aromatic heterocycles. The fraction of sp³-hybridized carbons (Fsp3) is 0.116. The van der Waals surface area contributed by atoms with Crippen LogP contribution in [0.3, 0.4) is 0 Å². The van der Waals surface area contributed by atoms with Gasteiger partial charge in [0.1, 0.15) is 0 Å². The second-order valence-corrected chi connectivity index (χ2v) is 11.9.